The molecule has 6 aliphatic rings. The van der Waals surface area contributed by atoms with E-state index in [0.29, 0.717) is 62.5 Å². The first-order valence-electron chi connectivity index (χ1n) is 27.2. The van der Waals surface area contributed by atoms with E-state index in [9.17, 15) is 50.9 Å². The molecule has 0 aromatic heterocycles. The van der Waals surface area contributed by atoms with Crippen molar-refractivity contribution in [3.63, 3.8) is 0 Å². The van der Waals surface area contributed by atoms with Gasteiger partial charge in [0.15, 0.2) is 26.4 Å². The lowest BCUT2D eigenvalue weighted by molar-refractivity contribution is -0.169. The van der Waals surface area contributed by atoms with E-state index >= 15 is 0 Å². The highest BCUT2D eigenvalue weighted by Gasteiger charge is 2.59. The second-order valence-electron chi connectivity index (χ2n) is 22.7. The van der Waals surface area contributed by atoms with Crippen molar-refractivity contribution in [2.75, 3.05) is 40.1 Å². The van der Waals surface area contributed by atoms with Crippen LogP contribution in [-0.2, 0) is 47.3 Å². The maximum atomic E-state index is 14.0. The van der Waals surface area contributed by atoms with Gasteiger partial charge in [0.25, 0.3) is 23.6 Å². The molecular weight excluding hydrogens is 1200 g/mol. The zero-order valence-electron chi connectivity index (χ0n) is 47.6. The summed E-state index contributed by atoms with van der Waals surface area (Å²) in [5.41, 5.74) is -3.54. The largest absolute Gasteiger partial charge is 0.508 e. The van der Waals surface area contributed by atoms with Crippen LogP contribution >= 0.6 is 31.0 Å². The lowest BCUT2D eigenvalue weighted by Crippen LogP contribution is -2.71. The normalized spacial score (nSPS) is 22.8. The molecule has 0 aliphatic heterocycles. The monoisotopic (exact) mass is 1270 g/mol. The number of benzene rings is 4. The molecule has 4 bridgehead atoms. The van der Waals surface area contributed by atoms with Gasteiger partial charge < -0.3 is 64.2 Å². The number of carbonyl (C=O) groups excluding carboxylic acids is 6. The Morgan fingerprint density at radius 3 is 1.26 bits per heavy atom. The number of rotatable bonds is 23. The van der Waals surface area contributed by atoms with Crippen LogP contribution in [0.3, 0.4) is 0 Å². The maximum Gasteiger partial charge on any atom is 0.508 e. The third kappa shape index (κ3) is 18.1. The van der Waals surface area contributed by atoms with Crippen LogP contribution in [0.15, 0.2) is 72.8 Å². The van der Waals surface area contributed by atoms with Crippen molar-refractivity contribution >= 4 is 66.8 Å². The minimum absolute atomic E-state index is 0.0575. The molecule has 4 aromatic rings. The Bertz CT molecular complexity index is 3210. The van der Waals surface area contributed by atoms with Gasteiger partial charge in [-0.3, -0.25) is 28.5 Å². The van der Waals surface area contributed by atoms with Gasteiger partial charge in [0, 0.05) is 48.2 Å². The van der Waals surface area contributed by atoms with Gasteiger partial charge in [-0.25, -0.2) is 26.9 Å². The summed E-state index contributed by atoms with van der Waals surface area (Å²) in [6, 6.07) is 16.2. The van der Waals surface area contributed by atoms with Crippen molar-refractivity contribution in [2.45, 2.75) is 133 Å². The highest BCUT2D eigenvalue weighted by atomic mass is 35.5. The van der Waals surface area contributed by atoms with E-state index in [-0.39, 0.29) is 65.5 Å². The molecule has 10 rings (SSSR count). The fourth-order valence-electron chi connectivity index (χ4n) is 11.0. The van der Waals surface area contributed by atoms with Gasteiger partial charge in [-0.15, -0.1) is 0 Å². The van der Waals surface area contributed by atoms with Crippen molar-refractivity contribution in [2.24, 2.45) is 5.41 Å². The van der Waals surface area contributed by atoms with Crippen molar-refractivity contribution in [3.05, 3.63) is 117 Å². The molecule has 6 fully saturated rings. The van der Waals surface area contributed by atoms with E-state index in [1.54, 1.807) is 39.8 Å². The number of phosphoric ester groups is 1. The van der Waals surface area contributed by atoms with Gasteiger partial charge in [0.2, 0.25) is 0 Å². The number of nitrogens with one attached hydrogen (secondary N) is 4. The van der Waals surface area contributed by atoms with Gasteiger partial charge in [-0.05, 0) is 118 Å². The minimum atomic E-state index is -4.77. The average Bonchev–Trinajstić information content (AvgIpc) is 0.792. The van der Waals surface area contributed by atoms with Crippen LogP contribution in [-0.4, -0.2) is 120 Å². The lowest BCUT2D eigenvalue weighted by Gasteiger charge is -2.57. The summed E-state index contributed by atoms with van der Waals surface area (Å²) in [4.78, 5) is 94.9. The minimum Gasteiger partial charge on any atom is -0.484 e. The average molecular weight is 1270 g/mol. The summed E-state index contributed by atoms with van der Waals surface area (Å²) < 4.78 is 109. The first-order chi connectivity index (χ1) is 40.4. The fraction of sp³-hybridized carbons (Fsp3) is 0.483. The quantitative estimate of drug-likeness (QED) is 0.0230. The van der Waals surface area contributed by atoms with Gasteiger partial charge in [0.1, 0.15) is 58.5 Å². The summed E-state index contributed by atoms with van der Waals surface area (Å²) in [5.74, 6) is -4.24. The number of carbonyl (C=O) groups is 6. The van der Waals surface area contributed by atoms with Gasteiger partial charge >= 0.3 is 19.9 Å². The molecule has 4 amide bonds. The first-order valence-corrected chi connectivity index (χ1v) is 29.5. The van der Waals surface area contributed by atoms with Crippen molar-refractivity contribution in [3.8, 4) is 23.0 Å². The molecule has 0 saturated heterocycles. The predicted molar refractivity (Wildman–Crippen MR) is 300 cm³/mol. The number of esters is 1. The second-order valence-corrected chi connectivity index (χ2v) is 24.8. The third-order valence-corrected chi connectivity index (χ3v) is 16.7. The Kier molecular flexibility index (Phi) is 21.6. The van der Waals surface area contributed by atoms with E-state index in [4.69, 9.17) is 61.4 Å². The summed E-state index contributed by atoms with van der Waals surface area (Å²) in [5, 5.41) is 11.7. The standard InChI is InChI=1S/C31H38ClF2N2O10P.C27H29ClF2N2O7/c1-19-4-5-20(12-23(19)33)44-17-27(38)36-31-10-8-30(9-11-31,35-26(37)16-43-21-6-7-22(32)24(34)13-21)14-25(31)46-28(39)15-29(2,3)18-45-47(40,41)42;1-16-3-4-17(11-20(16)29)38-15-24(34)32-27-9-7-26(8-10-27,13-22(27)39-25(35)36-2)31-23(33)14-37-18-5-6-19(28)21(30)12-18/h4-7,12-13,25H,8-11,14-18H2,1-3H3,(H,35,37)(H,36,38)(H2,40,41,42);3-6,11-12,22H,7-10,13-15H2,1-2H3,(H,31,33)(H,32,34)/t25-,30?,31?;22-,26?,27?/m00/s1. The van der Waals surface area contributed by atoms with Crippen molar-refractivity contribution in [1.29, 1.82) is 0 Å². The fourth-order valence-corrected chi connectivity index (χ4v) is 11.7. The van der Waals surface area contributed by atoms with Crippen LogP contribution in [0.4, 0.5) is 22.4 Å². The van der Waals surface area contributed by atoms with Crippen LogP contribution in [0.25, 0.3) is 0 Å². The molecule has 4 aromatic carbocycles. The Morgan fingerprint density at radius 1 is 0.558 bits per heavy atom. The second kappa shape index (κ2) is 27.9. The summed E-state index contributed by atoms with van der Waals surface area (Å²) in [6.45, 7) is 4.39. The van der Waals surface area contributed by atoms with E-state index in [2.05, 4.69) is 30.5 Å². The molecule has 86 heavy (non-hydrogen) atoms. The smallest absolute Gasteiger partial charge is 0.484 e. The Hall–Kier alpha value is -6.89. The summed E-state index contributed by atoms with van der Waals surface area (Å²) >= 11 is 11.4. The first kappa shape index (κ1) is 66.6. The molecule has 0 unspecified atom stereocenters. The predicted octanol–water partition coefficient (Wildman–Crippen LogP) is 8.73. The van der Waals surface area contributed by atoms with E-state index < -0.39 is 126 Å². The van der Waals surface area contributed by atoms with Gasteiger partial charge in [0.05, 0.1) is 41.3 Å². The zero-order chi connectivity index (χ0) is 62.8. The van der Waals surface area contributed by atoms with Crippen LogP contribution < -0.4 is 40.2 Å². The summed E-state index contributed by atoms with van der Waals surface area (Å²) in [7, 11) is -3.59. The SMILES string of the molecule is COC(=O)O[C@H]1CC2(NC(=O)COc3ccc(Cl)c(F)c3)CCC1(NC(=O)COc1ccc(C)c(F)c1)CC2.Cc1ccc(OCC(=O)NC23CCC(NC(=O)COc4ccc(Cl)c(F)c4)(CC2)C[C@@H]3OC(=O)CC(C)(C)COP(=O)(O)O)cc1F. The zero-order valence-corrected chi connectivity index (χ0v) is 50.0. The number of fused-ring (bicyclic) bond motifs is 6. The van der Waals surface area contributed by atoms with Gasteiger partial charge in [-0.1, -0.05) is 49.2 Å². The molecule has 6 aliphatic carbocycles. The van der Waals surface area contributed by atoms with Crippen LogP contribution in [0.5, 0.6) is 23.0 Å². The van der Waals surface area contributed by atoms with Crippen LogP contribution in [0, 0.1) is 42.5 Å². The van der Waals surface area contributed by atoms with E-state index in [0.717, 1.165) is 12.1 Å². The maximum absolute atomic E-state index is 14.0. The molecule has 468 valence electrons. The number of amides is 4. The number of hydrogen-bond acceptors (Lipinski definition) is 15. The van der Waals surface area contributed by atoms with E-state index in [1.165, 1.54) is 55.6 Å². The van der Waals surface area contributed by atoms with Gasteiger partial charge in [-0.2, -0.15) is 0 Å². The lowest BCUT2D eigenvalue weighted by atomic mass is 9.59. The molecule has 0 radical (unpaired) electrons. The Balaban J connectivity index is 0.000000250. The van der Waals surface area contributed by atoms with E-state index in [1.807, 2.05) is 0 Å². The van der Waals surface area contributed by atoms with Crippen molar-refractivity contribution < 1.29 is 98.4 Å². The van der Waals surface area contributed by atoms with Crippen molar-refractivity contribution in [1.82, 2.24) is 21.3 Å². The molecule has 28 heteroatoms. The number of ether oxygens (including phenoxy) is 7. The topological polar surface area (TPSA) is 282 Å². The summed E-state index contributed by atoms with van der Waals surface area (Å²) in [6.07, 6.45) is 0.811. The Labute approximate surface area is 502 Å². The number of hydrogen-bond donors (Lipinski definition) is 6. The molecule has 6 N–H and O–H groups in total. The molecule has 2 atom stereocenters. The number of phosphoric acid groups is 1. The molecule has 0 spiro atoms. The highest BCUT2D eigenvalue weighted by Crippen LogP contribution is 2.50. The molecular formula is C58H67Cl2F4N4O17P. The number of methoxy groups -OCH3 is 1. The van der Waals surface area contributed by atoms with Crippen LogP contribution in [0.1, 0.15) is 95.6 Å². The Morgan fingerprint density at radius 2 is 0.907 bits per heavy atom. The highest BCUT2D eigenvalue weighted by molar-refractivity contribution is 7.46. The van der Waals surface area contributed by atoms with Crippen LogP contribution in [0.2, 0.25) is 10.0 Å². The molecule has 6 saturated carbocycles. The molecule has 0 heterocycles. The number of aryl methyl sites for hydroxylation is 2. The number of halogens is 6. The molecule has 21 nitrogen and oxygen atoms in total. The third-order valence-electron chi connectivity index (χ3n) is 15.6.